The van der Waals surface area contributed by atoms with Crippen LogP contribution in [0.25, 0.3) is 0 Å². The molecular weight excluding hydrogens is 346 g/mol. The third kappa shape index (κ3) is 4.21. The van der Waals surface area contributed by atoms with E-state index in [-0.39, 0.29) is 17.3 Å². The van der Waals surface area contributed by atoms with Gasteiger partial charge in [-0.2, -0.15) is 9.97 Å². The van der Waals surface area contributed by atoms with Crippen LogP contribution in [0.2, 0.25) is 0 Å². The molecule has 0 bridgehead atoms. The van der Waals surface area contributed by atoms with E-state index < -0.39 is 19.9 Å². The minimum Gasteiger partial charge on any atom is -0.367 e. The Labute approximate surface area is 145 Å². The van der Waals surface area contributed by atoms with Crippen LogP contribution in [0.15, 0.2) is 35.5 Å². The molecular formula is C15H19N5O4S. The van der Waals surface area contributed by atoms with Gasteiger partial charge in [0.25, 0.3) is 5.16 Å². The summed E-state index contributed by atoms with van der Waals surface area (Å²) in [6.07, 6.45) is 0.963. The van der Waals surface area contributed by atoms with E-state index >= 15 is 0 Å². The van der Waals surface area contributed by atoms with Crippen molar-refractivity contribution in [3.05, 3.63) is 46.0 Å². The number of rotatable bonds is 7. The summed E-state index contributed by atoms with van der Waals surface area (Å²) in [5.74, 6) is -0.168. The summed E-state index contributed by atoms with van der Waals surface area (Å²) in [6, 6.07) is 9.35. The number of sulfone groups is 1. The lowest BCUT2D eigenvalue weighted by Crippen LogP contribution is -2.26. The molecule has 0 aliphatic heterocycles. The molecule has 10 heteroatoms. The summed E-state index contributed by atoms with van der Waals surface area (Å²) in [4.78, 5) is 20.4. The fourth-order valence-electron chi connectivity index (χ4n) is 2.29. The van der Waals surface area contributed by atoms with Gasteiger partial charge in [-0.05, 0) is 12.5 Å². The van der Waals surface area contributed by atoms with E-state index in [0.29, 0.717) is 13.1 Å². The molecule has 0 aliphatic rings. The molecule has 9 nitrogen and oxygen atoms in total. The first-order valence-corrected chi connectivity index (χ1v) is 9.40. The number of anilines is 2. The summed E-state index contributed by atoms with van der Waals surface area (Å²) in [6.45, 7) is 2.56. The Balaban J connectivity index is 2.64. The van der Waals surface area contributed by atoms with Crippen molar-refractivity contribution in [3.63, 3.8) is 0 Å². The second-order valence-electron chi connectivity index (χ2n) is 5.31. The van der Waals surface area contributed by atoms with Crippen molar-refractivity contribution in [1.82, 2.24) is 9.97 Å². The van der Waals surface area contributed by atoms with E-state index in [4.69, 9.17) is 0 Å². The van der Waals surface area contributed by atoms with Gasteiger partial charge in [0.05, 0.1) is 4.92 Å². The highest BCUT2D eigenvalue weighted by Crippen LogP contribution is 2.34. The Kier molecular flexibility index (Phi) is 5.52. The Bertz CT molecular complexity index is 871. The fraction of sp³-hybridized carbons (Fsp3) is 0.333. The summed E-state index contributed by atoms with van der Waals surface area (Å²) in [5, 5.41) is 13.7. The monoisotopic (exact) mass is 365 g/mol. The number of nitrogens with zero attached hydrogens (tertiary/aromatic N) is 4. The van der Waals surface area contributed by atoms with Gasteiger partial charge in [-0.3, -0.25) is 10.1 Å². The predicted octanol–water partition coefficient (Wildman–Crippen LogP) is 1.86. The quantitative estimate of drug-likeness (QED) is 0.449. The molecule has 0 saturated heterocycles. The second-order valence-corrected chi connectivity index (χ2v) is 7.22. The van der Waals surface area contributed by atoms with E-state index in [1.807, 2.05) is 37.3 Å². The van der Waals surface area contributed by atoms with Crippen molar-refractivity contribution >= 4 is 27.2 Å². The maximum atomic E-state index is 11.9. The molecule has 0 atom stereocenters. The molecule has 1 N–H and O–H groups in total. The normalized spacial score (nSPS) is 11.2. The third-order valence-corrected chi connectivity index (χ3v) is 4.34. The summed E-state index contributed by atoms with van der Waals surface area (Å²) < 4.78 is 23.7. The average Bonchev–Trinajstić information content (AvgIpc) is 2.58. The van der Waals surface area contributed by atoms with Crippen LogP contribution in [0.5, 0.6) is 0 Å². The number of nitrogens with one attached hydrogen (secondary N) is 1. The average molecular weight is 365 g/mol. The van der Waals surface area contributed by atoms with Crippen LogP contribution in [0.3, 0.4) is 0 Å². The molecule has 0 radical (unpaired) electrons. The van der Waals surface area contributed by atoms with Crippen LogP contribution in [0.4, 0.5) is 17.3 Å². The van der Waals surface area contributed by atoms with E-state index in [2.05, 4.69) is 15.3 Å². The number of hydrogen-bond acceptors (Lipinski definition) is 8. The summed E-state index contributed by atoms with van der Waals surface area (Å²) in [5.41, 5.74) is 0.567. The van der Waals surface area contributed by atoms with E-state index in [0.717, 1.165) is 11.8 Å². The lowest BCUT2D eigenvalue weighted by atomic mass is 10.2. The molecule has 25 heavy (non-hydrogen) atoms. The van der Waals surface area contributed by atoms with E-state index in [9.17, 15) is 18.5 Å². The van der Waals surface area contributed by atoms with Gasteiger partial charge in [-0.1, -0.05) is 30.3 Å². The number of benzene rings is 1. The topological polar surface area (TPSA) is 118 Å². The van der Waals surface area contributed by atoms with Crippen LogP contribution in [-0.2, 0) is 16.4 Å². The van der Waals surface area contributed by atoms with Crippen LogP contribution in [0, 0.1) is 10.1 Å². The van der Waals surface area contributed by atoms with Crippen molar-refractivity contribution in [2.45, 2.75) is 18.6 Å². The van der Waals surface area contributed by atoms with Gasteiger partial charge < -0.3 is 10.2 Å². The van der Waals surface area contributed by atoms with Gasteiger partial charge >= 0.3 is 5.69 Å². The van der Waals surface area contributed by atoms with Gasteiger partial charge in [-0.15, -0.1) is 0 Å². The molecule has 0 amide bonds. The van der Waals surface area contributed by atoms with Crippen molar-refractivity contribution in [2.75, 3.05) is 30.1 Å². The zero-order chi connectivity index (χ0) is 18.6. The summed E-state index contributed by atoms with van der Waals surface area (Å²) in [7, 11) is -2.28. The molecule has 0 aliphatic carbocycles. The molecule has 0 unspecified atom stereocenters. The lowest BCUT2D eigenvalue weighted by molar-refractivity contribution is -0.383. The van der Waals surface area contributed by atoms with E-state index in [1.165, 1.54) is 7.05 Å². The Morgan fingerprint density at radius 1 is 1.24 bits per heavy atom. The molecule has 1 aromatic carbocycles. The molecule has 2 aromatic rings. The molecule has 0 fully saturated rings. The molecule has 2 rings (SSSR count). The van der Waals surface area contributed by atoms with Crippen molar-refractivity contribution < 1.29 is 13.3 Å². The maximum Gasteiger partial charge on any atom is 0.353 e. The van der Waals surface area contributed by atoms with Crippen molar-refractivity contribution in [2.24, 2.45) is 0 Å². The van der Waals surface area contributed by atoms with Crippen LogP contribution < -0.4 is 10.2 Å². The molecule has 1 aromatic heterocycles. The molecule has 0 saturated carbocycles. The lowest BCUT2D eigenvalue weighted by Gasteiger charge is -2.22. The van der Waals surface area contributed by atoms with Crippen LogP contribution in [-0.4, -0.2) is 43.2 Å². The maximum absolute atomic E-state index is 11.9. The van der Waals surface area contributed by atoms with Crippen LogP contribution >= 0.6 is 0 Å². The van der Waals surface area contributed by atoms with Gasteiger partial charge in [0.2, 0.25) is 21.5 Å². The minimum atomic E-state index is -3.73. The highest BCUT2D eigenvalue weighted by Gasteiger charge is 2.30. The van der Waals surface area contributed by atoms with Gasteiger partial charge in [-0.25, -0.2) is 8.42 Å². The largest absolute Gasteiger partial charge is 0.367 e. The number of hydrogen-bond donors (Lipinski definition) is 1. The number of aromatic nitrogens is 2. The first kappa shape index (κ1) is 18.6. The minimum absolute atomic E-state index is 0.0314. The van der Waals surface area contributed by atoms with Crippen LogP contribution in [0.1, 0.15) is 12.5 Å². The van der Waals surface area contributed by atoms with Gasteiger partial charge in [0, 0.05) is 26.4 Å². The Hall–Kier alpha value is -2.75. The van der Waals surface area contributed by atoms with Crippen molar-refractivity contribution in [1.29, 1.82) is 0 Å². The first-order valence-electron chi connectivity index (χ1n) is 7.51. The Morgan fingerprint density at radius 2 is 1.88 bits per heavy atom. The highest BCUT2D eigenvalue weighted by atomic mass is 32.2. The zero-order valence-electron chi connectivity index (χ0n) is 14.1. The second kappa shape index (κ2) is 7.43. The molecule has 0 spiro atoms. The van der Waals surface area contributed by atoms with Crippen molar-refractivity contribution in [3.8, 4) is 0 Å². The number of nitro groups is 1. The molecule has 134 valence electrons. The summed E-state index contributed by atoms with van der Waals surface area (Å²) >= 11 is 0. The smallest absolute Gasteiger partial charge is 0.353 e. The third-order valence-electron chi connectivity index (χ3n) is 3.49. The SMILES string of the molecule is CCN(Cc1ccccc1)c1nc(S(C)(=O)=O)nc(NC)c1[N+](=O)[O-]. The first-order chi connectivity index (χ1) is 11.8. The van der Waals surface area contributed by atoms with E-state index in [1.54, 1.807) is 4.90 Å². The van der Waals surface area contributed by atoms with Gasteiger partial charge in [0.1, 0.15) is 0 Å². The molecule has 1 heterocycles. The van der Waals surface area contributed by atoms with Gasteiger partial charge in [0.15, 0.2) is 0 Å². The zero-order valence-corrected chi connectivity index (χ0v) is 14.9. The fourth-order valence-corrected chi connectivity index (χ4v) is 2.80. The Morgan fingerprint density at radius 3 is 2.36 bits per heavy atom. The highest BCUT2D eigenvalue weighted by molar-refractivity contribution is 7.90. The predicted molar refractivity (Wildman–Crippen MR) is 94.5 cm³/mol. The standard InChI is InChI=1S/C15H19N5O4S/c1-4-19(10-11-8-6-5-7-9-11)14-12(20(21)22)13(16-2)17-15(18-14)25(3,23)24/h5-9H,4,10H2,1-3H3,(H,16,17,18).